The Labute approximate surface area is 148 Å². The first-order chi connectivity index (χ1) is 12.1. The Morgan fingerprint density at radius 3 is 2.76 bits per heavy atom. The van der Waals surface area contributed by atoms with Crippen molar-refractivity contribution in [2.24, 2.45) is 0 Å². The Bertz CT molecular complexity index is 679. The average Bonchev–Trinajstić information content (AvgIpc) is 3.07. The van der Waals surface area contributed by atoms with Gasteiger partial charge in [-0.1, -0.05) is 18.2 Å². The van der Waals surface area contributed by atoms with E-state index in [9.17, 15) is 4.79 Å². The van der Waals surface area contributed by atoms with Crippen LogP contribution in [0.2, 0.25) is 0 Å². The summed E-state index contributed by atoms with van der Waals surface area (Å²) >= 11 is 0. The molecule has 1 N–H and O–H groups in total. The number of morpholine rings is 1. The Kier molecular flexibility index (Phi) is 5.78. The maximum atomic E-state index is 12.6. The van der Waals surface area contributed by atoms with Crippen molar-refractivity contribution in [1.29, 1.82) is 0 Å². The molecule has 1 aliphatic heterocycles. The lowest BCUT2D eigenvalue weighted by molar-refractivity contribution is -0.0672. The van der Waals surface area contributed by atoms with Gasteiger partial charge in [-0.2, -0.15) is 5.10 Å². The van der Waals surface area contributed by atoms with Gasteiger partial charge in [0.1, 0.15) is 12.7 Å². The van der Waals surface area contributed by atoms with E-state index >= 15 is 0 Å². The van der Waals surface area contributed by atoms with Crippen molar-refractivity contribution >= 4 is 5.91 Å². The zero-order valence-electron chi connectivity index (χ0n) is 14.8. The summed E-state index contributed by atoms with van der Waals surface area (Å²) in [5.41, 5.74) is 1.61. The molecule has 1 aromatic carbocycles. The van der Waals surface area contributed by atoms with Crippen LogP contribution in [-0.2, 0) is 11.3 Å². The summed E-state index contributed by atoms with van der Waals surface area (Å²) in [6, 6.07) is 7.60. The average molecular weight is 343 g/mol. The van der Waals surface area contributed by atoms with E-state index in [0.717, 1.165) is 25.2 Å². The Balaban J connectivity index is 1.55. The zero-order chi connectivity index (χ0) is 17.6. The third kappa shape index (κ3) is 4.87. The monoisotopic (exact) mass is 343 g/mol. The van der Waals surface area contributed by atoms with E-state index in [4.69, 9.17) is 4.74 Å². The van der Waals surface area contributed by atoms with Gasteiger partial charge in [0.2, 0.25) is 0 Å². The van der Waals surface area contributed by atoms with Crippen LogP contribution in [0.15, 0.2) is 36.9 Å². The highest BCUT2D eigenvalue weighted by molar-refractivity contribution is 5.95. The van der Waals surface area contributed by atoms with E-state index in [2.05, 4.69) is 34.1 Å². The normalized spacial score (nSPS) is 21.2. The number of ether oxygens (including phenoxy) is 1. The first-order valence-electron chi connectivity index (χ1n) is 8.68. The summed E-state index contributed by atoms with van der Waals surface area (Å²) < 4.78 is 7.45. The number of hydrogen-bond acceptors (Lipinski definition) is 5. The molecule has 1 fully saturated rings. The van der Waals surface area contributed by atoms with Crippen molar-refractivity contribution in [2.75, 3.05) is 26.2 Å². The second-order valence-corrected chi connectivity index (χ2v) is 6.52. The number of benzene rings is 1. The van der Waals surface area contributed by atoms with Gasteiger partial charge in [0.05, 0.1) is 18.8 Å². The molecule has 1 aromatic heterocycles. The molecule has 2 heterocycles. The molecular weight excluding hydrogens is 318 g/mol. The van der Waals surface area contributed by atoms with Gasteiger partial charge in [-0.15, -0.1) is 0 Å². The van der Waals surface area contributed by atoms with E-state index in [1.807, 2.05) is 24.3 Å². The van der Waals surface area contributed by atoms with E-state index in [-0.39, 0.29) is 18.1 Å². The molecule has 1 saturated heterocycles. The molecule has 3 rings (SSSR count). The van der Waals surface area contributed by atoms with Crippen molar-refractivity contribution in [3.05, 3.63) is 48.0 Å². The fourth-order valence-electron chi connectivity index (χ4n) is 3.26. The van der Waals surface area contributed by atoms with Crippen LogP contribution in [0.5, 0.6) is 0 Å². The van der Waals surface area contributed by atoms with E-state index in [1.165, 1.54) is 6.33 Å². The van der Waals surface area contributed by atoms with Crippen LogP contribution in [0.4, 0.5) is 0 Å². The van der Waals surface area contributed by atoms with Crippen LogP contribution in [0.1, 0.15) is 29.8 Å². The third-order valence-corrected chi connectivity index (χ3v) is 4.27. The van der Waals surface area contributed by atoms with Crippen molar-refractivity contribution in [3.8, 4) is 0 Å². The highest BCUT2D eigenvalue weighted by atomic mass is 16.5. The topological polar surface area (TPSA) is 72.3 Å². The Morgan fingerprint density at radius 2 is 2.04 bits per heavy atom. The number of nitrogens with zero attached hydrogens (tertiary/aromatic N) is 4. The maximum absolute atomic E-state index is 12.6. The van der Waals surface area contributed by atoms with Gasteiger partial charge in [-0.3, -0.25) is 9.69 Å². The third-order valence-electron chi connectivity index (χ3n) is 4.27. The van der Waals surface area contributed by atoms with Crippen molar-refractivity contribution in [2.45, 2.75) is 32.6 Å². The quantitative estimate of drug-likeness (QED) is 0.852. The molecule has 2 atom stereocenters. The molecule has 134 valence electrons. The number of hydrogen-bond donors (Lipinski definition) is 1. The minimum atomic E-state index is -0.0509. The van der Waals surface area contributed by atoms with Gasteiger partial charge in [-0.05, 0) is 25.5 Å². The standard InChI is InChI=1S/C18H25N5O2/c1-14-9-22(10-15(2)25-14)8-7-20-18(24)17-6-4-3-5-16(17)11-23-13-19-12-21-23/h3-6,12-15H,7-11H2,1-2H3,(H,20,24)/t14-,15-/m1/s1. The predicted molar refractivity (Wildman–Crippen MR) is 94.3 cm³/mol. The first kappa shape index (κ1) is 17.6. The molecule has 7 heteroatoms. The number of rotatable bonds is 6. The molecule has 1 amide bonds. The predicted octanol–water partition coefficient (Wildman–Crippen LogP) is 1.17. The van der Waals surface area contributed by atoms with Crippen molar-refractivity contribution in [1.82, 2.24) is 25.0 Å². The minimum absolute atomic E-state index is 0.0509. The van der Waals surface area contributed by atoms with Gasteiger partial charge in [-0.25, -0.2) is 9.67 Å². The second-order valence-electron chi connectivity index (χ2n) is 6.52. The van der Waals surface area contributed by atoms with Crippen molar-refractivity contribution < 1.29 is 9.53 Å². The molecule has 0 spiro atoms. The van der Waals surface area contributed by atoms with Gasteiger partial charge < -0.3 is 10.1 Å². The van der Waals surface area contributed by atoms with Gasteiger partial charge in [0, 0.05) is 31.7 Å². The van der Waals surface area contributed by atoms with Crippen LogP contribution in [0.25, 0.3) is 0 Å². The van der Waals surface area contributed by atoms with Gasteiger partial charge in [0.15, 0.2) is 0 Å². The van der Waals surface area contributed by atoms with E-state index in [1.54, 1.807) is 11.0 Å². The van der Waals surface area contributed by atoms with Crippen LogP contribution in [-0.4, -0.2) is 64.0 Å². The molecule has 2 aromatic rings. The second kappa shape index (κ2) is 8.22. The summed E-state index contributed by atoms with van der Waals surface area (Å²) in [6.07, 6.45) is 3.62. The van der Waals surface area contributed by atoms with E-state index in [0.29, 0.717) is 18.7 Å². The molecule has 0 aliphatic carbocycles. The van der Waals surface area contributed by atoms with Gasteiger partial charge >= 0.3 is 0 Å². The lowest BCUT2D eigenvalue weighted by atomic mass is 10.1. The van der Waals surface area contributed by atoms with Gasteiger partial charge in [0.25, 0.3) is 5.91 Å². The number of nitrogens with one attached hydrogen (secondary N) is 1. The lowest BCUT2D eigenvalue weighted by Gasteiger charge is -2.35. The molecule has 7 nitrogen and oxygen atoms in total. The van der Waals surface area contributed by atoms with Crippen LogP contribution in [0.3, 0.4) is 0 Å². The van der Waals surface area contributed by atoms with E-state index < -0.39 is 0 Å². The molecule has 0 unspecified atom stereocenters. The largest absolute Gasteiger partial charge is 0.373 e. The van der Waals surface area contributed by atoms with Crippen LogP contribution < -0.4 is 5.32 Å². The summed E-state index contributed by atoms with van der Waals surface area (Å²) in [4.78, 5) is 18.8. The highest BCUT2D eigenvalue weighted by Gasteiger charge is 2.21. The molecule has 0 saturated carbocycles. The number of carbonyl (C=O) groups is 1. The SMILES string of the molecule is C[C@@H]1CN(CCNC(=O)c2ccccc2Cn2cncn2)C[C@@H](C)O1. The summed E-state index contributed by atoms with van der Waals surface area (Å²) in [5.74, 6) is -0.0509. The Morgan fingerprint density at radius 1 is 1.28 bits per heavy atom. The first-order valence-corrected chi connectivity index (χ1v) is 8.68. The number of amides is 1. The highest BCUT2D eigenvalue weighted by Crippen LogP contribution is 2.11. The number of aromatic nitrogens is 3. The number of carbonyl (C=O) groups excluding carboxylic acids is 1. The fraction of sp³-hybridized carbons (Fsp3) is 0.500. The fourth-order valence-corrected chi connectivity index (χ4v) is 3.26. The summed E-state index contributed by atoms with van der Waals surface area (Å²) in [5, 5.41) is 7.13. The summed E-state index contributed by atoms with van der Waals surface area (Å²) in [7, 11) is 0. The van der Waals surface area contributed by atoms with Crippen molar-refractivity contribution in [3.63, 3.8) is 0 Å². The molecule has 0 bridgehead atoms. The minimum Gasteiger partial charge on any atom is -0.373 e. The molecule has 25 heavy (non-hydrogen) atoms. The van der Waals surface area contributed by atoms with Crippen LogP contribution in [0, 0.1) is 0 Å². The zero-order valence-corrected chi connectivity index (χ0v) is 14.8. The maximum Gasteiger partial charge on any atom is 0.251 e. The van der Waals surface area contributed by atoms with Crippen LogP contribution >= 0.6 is 0 Å². The lowest BCUT2D eigenvalue weighted by Crippen LogP contribution is -2.47. The molecular formula is C18H25N5O2. The Hall–Kier alpha value is -2.25. The summed E-state index contributed by atoms with van der Waals surface area (Å²) in [6.45, 7) is 7.96. The molecule has 0 radical (unpaired) electrons. The smallest absolute Gasteiger partial charge is 0.251 e. The molecule has 1 aliphatic rings.